The van der Waals surface area contributed by atoms with Crippen LogP contribution in [0.4, 0.5) is 0 Å². The molecule has 0 bridgehead atoms. The lowest BCUT2D eigenvalue weighted by molar-refractivity contribution is 0.189. The van der Waals surface area contributed by atoms with Crippen LogP contribution in [0, 0.1) is 0 Å². The van der Waals surface area contributed by atoms with E-state index < -0.39 is 0 Å². The quantitative estimate of drug-likeness (QED) is 0.297. The van der Waals surface area contributed by atoms with Gasteiger partial charge in [0.1, 0.15) is 5.75 Å². The lowest BCUT2D eigenvalue weighted by Crippen LogP contribution is -2.05. The summed E-state index contributed by atoms with van der Waals surface area (Å²) in [5.41, 5.74) is 2.05. The molecule has 31 heavy (non-hydrogen) atoms. The molecule has 0 radical (unpaired) electrons. The highest BCUT2D eigenvalue weighted by Gasteiger charge is 2.17. The number of benzene rings is 2. The molecule has 1 heterocycles. The molecule has 0 amide bonds. The van der Waals surface area contributed by atoms with Crippen molar-refractivity contribution in [3.63, 3.8) is 0 Å². The van der Waals surface area contributed by atoms with Crippen LogP contribution in [0.3, 0.4) is 0 Å². The lowest BCUT2D eigenvalue weighted by atomic mass is 10.2. The van der Waals surface area contributed by atoms with Crippen LogP contribution >= 0.6 is 11.8 Å². The van der Waals surface area contributed by atoms with E-state index in [0.29, 0.717) is 24.7 Å². The first kappa shape index (κ1) is 23.0. The van der Waals surface area contributed by atoms with Crippen LogP contribution < -0.4 is 14.2 Å². The van der Waals surface area contributed by atoms with Gasteiger partial charge in [0.25, 0.3) is 0 Å². The maximum absolute atomic E-state index is 5.76. The first-order valence-corrected chi connectivity index (χ1v) is 11.2. The van der Waals surface area contributed by atoms with Gasteiger partial charge in [0.2, 0.25) is 0 Å². The summed E-state index contributed by atoms with van der Waals surface area (Å²) in [6.07, 6.45) is 0.859. The smallest absolute Gasteiger partial charge is 0.191 e. The molecule has 1 aromatic heterocycles. The topological polar surface area (TPSA) is 67.6 Å². The van der Waals surface area contributed by atoms with Crippen molar-refractivity contribution < 1.29 is 18.9 Å². The highest BCUT2D eigenvalue weighted by molar-refractivity contribution is 7.98. The van der Waals surface area contributed by atoms with Gasteiger partial charge in [-0.15, -0.1) is 10.2 Å². The largest absolute Gasteiger partial charge is 0.494 e. The van der Waals surface area contributed by atoms with E-state index in [9.17, 15) is 0 Å². The second-order valence-corrected chi connectivity index (χ2v) is 7.65. The van der Waals surface area contributed by atoms with Gasteiger partial charge >= 0.3 is 0 Å². The molecule has 0 spiro atoms. The first-order valence-electron chi connectivity index (χ1n) is 10.2. The van der Waals surface area contributed by atoms with E-state index >= 15 is 0 Å². The van der Waals surface area contributed by atoms with Gasteiger partial charge in [-0.05, 0) is 37.6 Å². The fourth-order valence-corrected chi connectivity index (χ4v) is 4.17. The molecule has 0 aliphatic heterocycles. The maximum Gasteiger partial charge on any atom is 0.191 e. The van der Waals surface area contributed by atoms with Gasteiger partial charge in [0.05, 0.1) is 20.8 Å². The van der Waals surface area contributed by atoms with Gasteiger partial charge in [0, 0.05) is 37.1 Å². The number of nitrogens with zero attached hydrogens (tertiary/aromatic N) is 3. The summed E-state index contributed by atoms with van der Waals surface area (Å²) in [6.45, 7) is 4.05. The van der Waals surface area contributed by atoms with E-state index in [1.165, 1.54) is 0 Å². The van der Waals surface area contributed by atoms with Crippen LogP contribution in [-0.4, -0.2) is 49.3 Å². The van der Waals surface area contributed by atoms with Crippen molar-refractivity contribution in [2.45, 2.75) is 30.8 Å². The number of thioether (sulfide) groups is 1. The van der Waals surface area contributed by atoms with Gasteiger partial charge in [-0.2, -0.15) is 0 Å². The number of hydrogen-bond acceptors (Lipinski definition) is 7. The maximum atomic E-state index is 5.76. The molecular formula is C23H29N3O4S. The molecule has 0 saturated carbocycles. The Bertz CT molecular complexity index is 977. The average molecular weight is 444 g/mol. The summed E-state index contributed by atoms with van der Waals surface area (Å²) in [7, 11) is 4.96. The van der Waals surface area contributed by atoms with Gasteiger partial charge in [0.15, 0.2) is 22.5 Å². The fraction of sp³-hybridized carbons (Fsp3) is 0.391. The molecule has 3 aromatic rings. The summed E-state index contributed by atoms with van der Waals surface area (Å²) in [6, 6.07) is 13.9. The number of rotatable bonds is 12. The molecule has 0 aliphatic rings. The van der Waals surface area contributed by atoms with Gasteiger partial charge in [-0.25, -0.2) is 0 Å². The predicted molar refractivity (Wildman–Crippen MR) is 122 cm³/mol. The Morgan fingerprint density at radius 2 is 1.74 bits per heavy atom. The van der Waals surface area contributed by atoms with E-state index in [2.05, 4.69) is 20.8 Å². The SMILES string of the molecule is CCOc1ccccc1CSc1nnc(-c2ccc(OC)c(OC)c2)n1CCCOC. The lowest BCUT2D eigenvalue weighted by Gasteiger charge is -2.13. The number of aromatic nitrogens is 3. The van der Waals surface area contributed by atoms with Gasteiger partial charge in [-0.3, -0.25) is 0 Å². The molecule has 0 unspecified atom stereocenters. The third-order valence-corrected chi connectivity index (χ3v) is 5.73. The Morgan fingerprint density at radius 3 is 2.48 bits per heavy atom. The van der Waals surface area contributed by atoms with Crippen LogP contribution in [0.15, 0.2) is 47.6 Å². The van der Waals surface area contributed by atoms with Crippen molar-refractivity contribution in [1.82, 2.24) is 14.8 Å². The van der Waals surface area contributed by atoms with E-state index in [1.54, 1.807) is 33.1 Å². The summed E-state index contributed by atoms with van der Waals surface area (Å²) in [5, 5.41) is 9.83. The van der Waals surface area contributed by atoms with E-state index in [0.717, 1.165) is 46.6 Å². The molecule has 2 aromatic carbocycles. The molecule has 3 rings (SSSR count). The average Bonchev–Trinajstić information content (AvgIpc) is 3.21. The van der Waals surface area contributed by atoms with Gasteiger partial charge < -0.3 is 23.5 Å². The monoisotopic (exact) mass is 443 g/mol. The molecule has 0 fully saturated rings. The molecule has 166 valence electrons. The van der Waals surface area contributed by atoms with Crippen LogP contribution in [0.5, 0.6) is 17.2 Å². The zero-order chi connectivity index (χ0) is 22.1. The molecular weight excluding hydrogens is 414 g/mol. The molecule has 0 N–H and O–H groups in total. The number of methoxy groups -OCH3 is 3. The molecule has 0 atom stereocenters. The van der Waals surface area contributed by atoms with Crippen molar-refractivity contribution in [3.05, 3.63) is 48.0 Å². The summed E-state index contributed by atoms with van der Waals surface area (Å²) in [5.74, 6) is 3.77. The normalized spacial score (nSPS) is 10.8. The van der Waals surface area contributed by atoms with Crippen molar-refractivity contribution in [2.24, 2.45) is 0 Å². The Morgan fingerprint density at radius 1 is 0.935 bits per heavy atom. The second kappa shape index (κ2) is 11.6. The third-order valence-electron chi connectivity index (χ3n) is 4.72. The Hall–Kier alpha value is -2.71. The van der Waals surface area contributed by atoms with E-state index in [4.69, 9.17) is 18.9 Å². The van der Waals surface area contributed by atoms with Crippen molar-refractivity contribution in [1.29, 1.82) is 0 Å². The van der Waals surface area contributed by atoms with Crippen LogP contribution in [-0.2, 0) is 17.0 Å². The predicted octanol–water partition coefficient (Wildman–Crippen LogP) is 4.69. The Kier molecular flexibility index (Phi) is 8.61. The van der Waals surface area contributed by atoms with Crippen LogP contribution in [0.25, 0.3) is 11.4 Å². The second-order valence-electron chi connectivity index (χ2n) is 6.70. The minimum atomic E-state index is 0.637. The molecule has 0 aliphatic carbocycles. The van der Waals surface area contributed by atoms with Crippen LogP contribution in [0.1, 0.15) is 18.9 Å². The number of ether oxygens (including phenoxy) is 4. The highest BCUT2D eigenvalue weighted by Crippen LogP contribution is 2.34. The van der Waals surface area contributed by atoms with Gasteiger partial charge in [-0.1, -0.05) is 30.0 Å². The molecule has 7 nitrogen and oxygen atoms in total. The minimum Gasteiger partial charge on any atom is -0.494 e. The zero-order valence-corrected chi connectivity index (χ0v) is 19.3. The zero-order valence-electron chi connectivity index (χ0n) is 18.5. The highest BCUT2D eigenvalue weighted by atomic mass is 32.2. The minimum absolute atomic E-state index is 0.637. The first-order chi connectivity index (χ1) is 15.2. The Balaban J connectivity index is 1.88. The fourth-order valence-electron chi connectivity index (χ4n) is 3.21. The van der Waals surface area contributed by atoms with E-state index in [-0.39, 0.29) is 0 Å². The number of para-hydroxylation sites is 1. The molecule has 0 saturated heterocycles. The van der Waals surface area contributed by atoms with Crippen molar-refractivity contribution in [2.75, 3.05) is 34.5 Å². The number of hydrogen-bond donors (Lipinski definition) is 0. The van der Waals surface area contributed by atoms with Crippen molar-refractivity contribution >= 4 is 11.8 Å². The Labute approximate surface area is 187 Å². The summed E-state index contributed by atoms with van der Waals surface area (Å²) >= 11 is 1.64. The standard InChI is InChI=1S/C23H29N3O4S/c1-5-30-19-10-7-6-9-18(19)16-31-23-25-24-22(26(23)13-8-14-27-2)17-11-12-20(28-3)21(15-17)29-4/h6-7,9-12,15H,5,8,13-14,16H2,1-4H3. The summed E-state index contributed by atoms with van der Waals surface area (Å²) in [4.78, 5) is 0. The van der Waals surface area contributed by atoms with E-state index in [1.807, 2.05) is 43.3 Å². The molecule has 8 heteroatoms. The summed E-state index contributed by atoms with van der Waals surface area (Å²) < 4.78 is 24.0. The third kappa shape index (κ3) is 5.71. The van der Waals surface area contributed by atoms with Crippen LogP contribution in [0.2, 0.25) is 0 Å². The van der Waals surface area contributed by atoms with Crippen molar-refractivity contribution in [3.8, 4) is 28.6 Å².